The van der Waals surface area contributed by atoms with E-state index < -0.39 is 0 Å². The maximum atomic E-state index is 2.42. The lowest BCUT2D eigenvalue weighted by atomic mass is 9.98. The minimum Gasteiger partial charge on any atom is -0.309 e. The maximum Gasteiger partial charge on any atom is 0.0541 e. The Labute approximate surface area is 577 Å². The molecule has 4 aromatic heterocycles. The van der Waals surface area contributed by atoms with E-state index in [-0.39, 0.29) is 0 Å². The Morgan fingerprint density at radius 2 is 0.410 bits per heavy atom. The predicted molar refractivity (Wildman–Crippen MR) is 425 cm³/mol. The van der Waals surface area contributed by atoms with Crippen LogP contribution in [0, 0.1) is 0 Å². The van der Waals surface area contributed by atoms with Gasteiger partial charge in [0.25, 0.3) is 0 Å². The molecule has 0 unspecified atom stereocenters. The van der Waals surface area contributed by atoms with Crippen molar-refractivity contribution in [2.24, 2.45) is 0 Å². The number of para-hydroxylation sites is 5. The number of fused-ring (bicyclic) bond motifs is 15. The van der Waals surface area contributed by atoms with Gasteiger partial charge >= 0.3 is 0 Å². The van der Waals surface area contributed by atoms with E-state index in [1.807, 2.05) is 0 Å². The van der Waals surface area contributed by atoms with E-state index >= 15 is 0 Å². The van der Waals surface area contributed by atoms with Crippen molar-refractivity contribution in [2.75, 3.05) is 0 Å². The molecule has 0 saturated carbocycles. The van der Waals surface area contributed by atoms with Crippen LogP contribution in [0.5, 0.6) is 0 Å². The van der Waals surface area contributed by atoms with Crippen LogP contribution in [0.1, 0.15) is 0 Å². The van der Waals surface area contributed by atoms with Crippen molar-refractivity contribution in [3.63, 3.8) is 0 Å². The molecule has 0 N–H and O–H groups in total. The second kappa shape index (κ2) is 23.2. The number of nitrogens with zero attached hydrogens (tertiary/aromatic N) is 4. The quantitative estimate of drug-likeness (QED) is 0.144. The van der Waals surface area contributed by atoms with Gasteiger partial charge in [0.15, 0.2) is 0 Å². The third-order valence-corrected chi connectivity index (χ3v) is 20.8. The first-order valence-electron chi connectivity index (χ1n) is 34.5. The number of hydrogen-bond donors (Lipinski definition) is 0. The van der Waals surface area contributed by atoms with E-state index in [1.165, 1.54) is 187 Å². The summed E-state index contributed by atoms with van der Waals surface area (Å²) in [6, 6.07) is 137. The molecule has 0 aliphatic heterocycles. The SMILES string of the molecule is c1ccc(-n2c3ccccc3c3cc(-c4ccc(-c5ccc6c(c5)c5ccccc5n6-c5cccc6ccccc56)cc4)ccc32)cc1.c1ccc2cc(-n3c4ccccc4c4cc(-c5ccc(-c6ccc7c(c6)c6ccccc6n7-c6ccc7ccccc7c6)cc5)ccc43)ccc2c1. The zero-order chi connectivity index (χ0) is 65.8. The summed E-state index contributed by atoms with van der Waals surface area (Å²) in [6.07, 6.45) is 0. The van der Waals surface area contributed by atoms with E-state index in [0.717, 1.165) is 0 Å². The third kappa shape index (κ3) is 9.37. The van der Waals surface area contributed by atoms with E-state index in [4.69, 9.17) is 0 Å². The average molecular weight is 1270 g/mol. The van der Waals surface area contributed by atoms with Crippen LogP contribution in [0.25, 0.3) is 187 Å². The molecular weight excluding hydrogens is 1210 g/mol. The van der Waals surface area contributed by atoms with Gasteiger partial charge in [-0.3, -0.25) is 0 Å². The van der Waals surface area contributed by atoms with Crippen LogP contribution in [-0.4, -0.2) is 18.3 Å². The van der Waals surface area contributed by atoms with E-state index in [1.54, 1.807) is 0 Å². The van der Waals surface area contributed by atoms with Crippen LogP contribution in [0.15, 0.2) is 376 Å². The molecule has 0 bridgehead atoms. The molecule has 0 radical (unpaired) electrons. The van der Waals surface area contributed by atoms with Crippen molar-refractivity contribution < 1.29 is 0 Å². The fraction of sp³-hybridized carbons (Fsp3) is 0. The van der Waals surface area contributed by atoms with Crippen molar-refractivity contribution >= 4 is 120 Å². The minimum absolute atomic E-state index is 1.18. The first-order valence-corrected chi connectivity index (χ1v) is 34.5. The Balaban J connectivity index is 0.000000135. The summed E-state index contributed by atoms with van der Waals surface area (Å²) >= 11 is 0. The summed E-state index contributed by atoms with van der Waals surface area (Å²) in [5.74, 6) is 0. The smallest absolute Gasteiger partial charge is 0.0541 e. The van der Waals surface area contributed by atoms with Gasteiger partial charge in [0.2, 0.25) is 0 Å². The molecule has 0 atom stereocenters. The second-order valence-corrected chi connectivity index (χ2v) is 26.4. The molecular formula is C96H62N4. The molecule has 4 nitrogen and oxygen atoms in total. The van der Waals surface area contributed by atoms with Gasteiger partial charge in [-0.05, 0) is 187 Å². The Kier molecular flexibility index (Phi) is 13.2. The molecule has 17 aromatic carbocycles. The van der Waals surface area contributed by atoms with Crippen LogP contribution in [-0.2, 0) is 0 Å². The zero-order valence-electron chi connectivity index (χ0n) is 54.6. The van der Waals surface area contributed by atoms with E-state index in [9.17, 15) is 0 Å². The Morgan fingerprint density at radius 1 is 0.130 bits per heavy atom. The first kappa shape index (κ1) is 57.0. The molecule has 0 aliphatic rings. The van der Waals surface area contributed by atoms with Gasteiger partial charge < -0.3 is 18.3 Å². The molecule has 4 heteroatoms. The molecule has 0 amide bonds. The van der Waals surface area contributed by atoms with Gasteiger partial charge in [0.05, 0.1) is 49.8 Å². The summed E-state index contributed by atoms with van der Waals surface area (Å²) < 4.78 is 9.59. The van der Waals surface area contributed by atoms with Crippen LogP contribution >= 0.6 is 0 Å². The largest absolute Gasteiger partial charge is 0.309 e. The summed E-state index contributed by atoms with van der Waals surface area (Å²) in [5.41, 5.74) is 24.2. The lowest BCUT2D eigenvalue weighted by Crippen LogP contribution is -1.95. The highest BCUT2D eigenvalue weighted by Crippen LogP contribution is 2.42. The van der Waals surface area contributed by atoms with Crippen LogP contribution in [0.4, 0.5) is 0 Å². The van der Waals surface area contributed by atoms with Gasteiger partial charge in [0, 0.05) is 65.5 Å². The lowest BCUT2D eigenvalue weighted by molar-refractivity contribution is 1.18. The maximum absolute atomic E-state index is 2.42. The molecule has 21 aromatic rings. The fourth-order valence-electron chi connectivity index (χ4n) is 16.0. The molecule has 0 fully saturated rings. The zero-order valence-corrected chi connectivity index (χ0v) is 54.6. The van der Waals surface area contributed by atoms with Crippen molar-refractivity contribution in [1.82, 2.24) is 18.3 Å². The first-order chi connectivity index (χ1) is 49.6. The van der Waals surface area contributed by atoms with Crippen LogP contribution in [0.3, 0.4) is 0 Å². The van der Waals surface area contributed by atoms with Crippen LogP contribution < -0.4 is 0 Å². The molecule has 0 spiro atoms. The van der Waals surface area contributed by atoms with Gasteiger partial charge in [-0.1, -0.05) is 261 Å². The monoisotopic (exact) mass is 1270 g/mol. The topological polar surface area (TPSA) is 19.7 Å². The highest BCUT2D eigenvalue weighted by atomic mass is 15.0. The molecule has 21 rings (SSSR count). The lowest BCUT2D eigenvalue weighted by Gasteiger charge is -2.12. The third-order valence-electron chi connectivity index (χ3n) is 20.8. The summed E-state index contributed by atoms with van der Waals surface area (Å²) in [7, 11) is 0. The highest BCUT2D eigenvalue weighted by molar-refractivity contribution is 6.15. The second-order valence-electron chi connectivity index (χ2n) is 26.4. The average Bonchev–Trinajstić information content (AvgIpc) is 1.61. The van der Waals surface area contributed by atoms with Gasteiger partial charge in [-0.15, -0.1) is 0 Å². The number of aromatic nitrogens is 4. The Bertz CT molecular complexity index is 6600. The van der Waals surface area contributed by atoms with Crippen molar-refractivity contribution in [3.8, 4) is 67.3 Å². The standard InChI is InChI=1S/C50H32N2.C46H30N2/c1-3-11-37-29-41(25-21-33(37)9-1)51-47-15-7-5-13-43(47)45-31-39(23-27-49(45)51)35-17-19-36(20-18-35)40-24-28-50-46(32-40)44-14-6-8-16-48(44)52(50)42-26-22-34-10-2-4-12-38(34)30-42;1-2-13-36(14-3-1)47-43-18-8-6-16-38(43)40-29-34(25-27-45(40)47)31-21-23-32(24-22-31)35-26-28-46-41(30-35)39-17-7-9-19-44(39)48(46)42-20-10-12-33-11-4-5-15-37(33)42/h1-32H;1-30H. The Morgan fingerprint density at radius 3 is 0.810 bits per heavy atom. The van der Waals surface area contributed by atoms with Crippen molar-refractivity contribution in [2.45, 2.75) is 0 Å². The molecule has 0 saturated heterocycles. The van der Waals surface area contributed by atoms with Crippen LogP contribution in [0.2, 0.25) is 0 Å². The predicted octanol–water partition coefficient (Wildman–Crippen LogP) is 25.9. The molecule has 100 heavy (non-hydrogen) atoms. The number of benzene rings is 17. The minimum atomic E-state index is 1.18. The van der Waals surface area contributed by atoms with E-state index in [2.05, 4.69) is 394 Å². The highest BCUT2D eigenvalue weighted by Gasteiger charge is 2.20. The van der Waals surface area contributed by atoms with E-state index in [0.29, 0.717) is 0 Å². The normalized spacial score (nSPS) is 11.8. The van der Waals surface area contributed by atoms with Gasteiger partial charge in [0.1, 0.15) is 0 Å². The number of hydrogen-bond acceptors (Lipinski definition) is 0. The van der Waals surface area contributed by atoms with Crippen molar-refractivity contribution in [1.29, 1.82) is 0 Å². The molecule has 466 valence electrons. The van der Waals surface area contributed by atoms with Gasteiger partial charge in [-0.2, -0.15) is 0 Å². The number of rotatable bonds is 8. The molecule has 4 heterocycles. The molecule has 0 aliphatic carbocycles. The summed E-state index contributed by atoms with van der Waals surface area (Å²) in [4.78, 5) is 0. The fourth-order valence-corrected chi connectivity index (χ4v) is 16.0. The summed E-state index contributed by atoms with van der Waals surface area (Å²) in [5, 5.41) is 17.6. The van der Waals surface area contributed by atoms with Gasteiger partial charge in [-0.25, -0.2) is 0 Å². The Hall–Kier alpha value is -13.3. The van der Waals surface area contributed by atoms with Crippen molar-refractivity contribution in [3.05, 3.63) is 376 Å². The summed E-state index contributed by atoms with van der Waals surface area (Å²) in [6.45, 7) is 0.